The van der Waals surface area contributed by atoms with Gasteiger partial charge in [0.05, 0.1) is 6.54 Å². The van der Waals surface area contributed by atoms with Crippen molar-refractivity contribution >= 4 is 5.91 Å². The molecule has 2 aliphatic heterocycles. The highest BCUT2D eigenvalue weighted by molar-refractivity contribution is 5.78. The van der Waals surface area contributed by atoms with Crippen molar-refractivity contribution < 1.29 is 4.79 Å². The minimum atomic E-state index is 0.0712. The fourth-order valence-electron chi connectivity index (χ4n) is 4.24. The maximum absolute atomic E-state index is 12.6. The van der Waals surface area contributed by atoms with Crippen LogP contribution in [-0.2, 0) is 17.9 Å². The standard InChI is InChI=1S/C23H31N5O/c29-23(18-28-13-10-25-16-22(28)21-4-3-9-24-15-21)26-14-19-5-7-20(8-6-19)17-27-11-1-2-12-27/h3-9,15,22,25H,1-2,10-14,16-18H2,(H,26,29). The van der Waals surface area contributed by atoms with E-state index in [0.29, 0.717) is 13.1 Å². The predicted octanol–water partition coefficient (Wildman–Crippen LogP) is 1.94. The molecular weight excluding hydrogens is 362 g/mol. The summed E-state index contributed by atoms with van der Waals surface area (Å²) in [6, 6.07) is 12.9. The zero-order valence-corrected chi connectivity index (χ0v) is 17.0. The Hall–Kier alpha value is -2.28. The first-order valence-corrected chi connectivity index (χ1v) is 10.7. The van der Waals surface area contributed by atoms with Crippen LogP contribution in [0.4, 0.5) is 0 Å². The van der Waals surface area contributed by atoms with E-state index in [-0.39, 0.29) is 11.9 Å². The minimum absolute atomic E-state index is 0.0712. The van der Waals surface area contributed by atoms with Gasteiger partial charge >= 0.3 is 0 Å². The smallest absolute Gasteiger partial charge is 0.234 e. The third-order valence-electron chi connectivity index (χ3n) is 5.89. The van der Waals surface area contributed by atoms with Gasteiger partial charge in [-0.25, -0.2) is 0 Å². The first kappa shape index (κ1) is 20.0. The molecule has 29 heavy (non-hydrogen) atoms. The Balaban J connectivity index is 1.26. The van der Waals surface area contributed by atoms with E-state index < -0.39 is 0 Å². The van der Waals surface area contributed by atoms with Crippen molar-refractivity contribution in [1.29, 1.82) is 0 Å². The first-order valence-electron chi connectivity index (χ1n) is 10.7. The average Bonchev–Trinajstić information content (AvgIpc) is 3.27. The Bertz CT molecular complexity index is 774. The van der Waals surface area contributed by atoms with E-state index in [9.17, 15) is 4.79 Å². The number of likely N-dealkylation sites (tertiary alicyclic amines) is 1. The van der Waals surface area contributed by atoms with Crippen molar-refractivity contribution in [2.45, 2.75) is 32.0 Å². The Morgan fingerprint density at radius 2 is 1.90 bits per heavy atom. The first-order chi connectivity index (χ1) is 14.3. The largest absolute Gasteiger partial charge is 0.351 e. The molecule has 0 saturated carbocycles. The van der Waals surface area contributed by atoms with Crippen LogP contribution in [0.2, 0.25) is 0 Å². The fraction of sp³-hybridized carbons (Fsp3) is 0.478. The summed E-state index contributed by atoms with van der Waals surface area (Å²) in [5.74, 6) is 0.0712. The van der Waals surface area contributed by atoms with Crippen LogP contribution in [0.3, 0.4) is 0 Å². The zero-order valence-electron chi connectivity index (χ0n) is 17.0. The van der Waals surface area contributed by atoms with Gasteiger partial charge in [0.2, 0.25) is 5.91 Å². The van der Waals surface area contributed by atoms with Gasteiger partial charge in [-0.3, -0.25) is 19.6 Å². The van der Waals surface area contributed by atoms with Crippen LogP contribution in [0.15, 0.2) is 48.8 Å². The highest BCUT2D eigenvalue weighted by Gasteiger charge is 2.25. The molecule has 1 amide bonds. The van der Waals surface area contributed by atoms with Gasteiger partial charge in [0.1, 0.15) is 0 Å². The Morgan fingerprint density at radius 3 is 2.66 bits per heavy atom. The third-order valence-corrected chi connectivity index (χ3v) is 5.89. The number of amides is 1. The van der Waals surface area contributed by atoms with Gasteiger partial charge in [-0.2, -0.15) is 0 Å². The molecule has 154 valence electrons. The number of carbonyl (C=O) groups excluding carboxylic acids is 1. The van der Waals surface area contributed by atoms with E-state index in [2.05, 4.69) is 55.7 Å². The number of carbonyl (C=O) groups is 1. The number of piperazine rings is 1. The second kappa shape index (κ2) is 9.96. The van der Waals surface area contributed by atoms with Crippen LogP contribution >= 0.6 is 0 Å². The van der Waals surface area contributed by atoms with Gasteiger partial charge in [-0.15, -0.1) is 0 Å². The van der Waals surface area contributed by atoms with Crippen LogP contribution in [0.1, 0.15) is 35.6 Å². The molecule has 4 rings (SSSR count). The van der Waals surface area contributed by atoms with Crippen molar-refractivity contribution in [3.8, 4) is 0 Å². The van der Waals surface area contributed by atoms with Gasteiger partial charge < -0.3 is 10.6 Å². The van der Waals surface area contributed by atoms with E-state index in [1.54, 1.807) is 6.20 Å². The molecule has 1 aromatic heterocycles. The van der Waals surface area contributed by atoms with Crippen molar-refractivity contribution in [1.82, 2.24) is 25.4 Å². The zero-order chi connectivity index (χ0) is 19.9. The van der Waals surface area contributed by atoms with Crippen molar-refractivity contribution in [3.05, 3.63) is 65.5 Å². The normalized spacial score (nSPS) is 20.6. The summed E-state index contributed by atoms with van der Waals surface area (Å²) in [5, 5.41) is 6.50. The minimum Gasteiger partial charge on any atom is -0.351 e. The quantitative estimate of drug-likeness (QED) is 0.753. The van der Waals surface area contributed by atoms with Gasteiger partial charge in [-0.1, -0.05) is 30.3 Å². The molecule has 2 fully saturated rings. The number of hydrogen-bond donors (Lipinski definition) is 2. The molecule has 3 heterocycles. The summed E-state index contributed by atoms with van der Waals surface area (Å²) >= 11 is 0. The number of pyridine rings is 1. The third kappa shape index (κ3) is 5.63. The lowest BCUT2D eigenvalue weighted by molar-refractivity contribution is -0.123. The molecule has 0 aliphatic carbocycles. The highest BCUT2D eigenvalue weighted by atomic mass is 16.2. The molecule has 0 spiro atoms. The Kier molecular flexibility index (Phi) is 6.87. The topological polar surface area (TPSA) is 60.5 Å². The number of aromatic nitrogens is 1. The number of hydrogen-bond acceptors (Lipinski definition) is 5. The van der Waals surface area contributed by atoms with Gasteiger partial charge in [0, 0.05) is 51.2 Å². The summed E-state index contributed by atoms with van der Waals surface area (Å²) in [4.78, 5) is 21.5. The summed E-state index contributed by atoms with van der Waals surface area (Å²) in [7, 11) is 0. The molecule has 2 aromatic rings. The molecule has 6 nitrogen and oxygen atoms in total. The molecule has 1 unspecified atom stereocenters. The predicted molar refractivity (Wildman–Crippen MR) is 114 cm³/mol. The number of nitrogens with one attached hydrogen (secondary N) is 2. The molecule has 0 bridgehead atoms. The number of nitrogens with zero attached hydrogens (tertiary/aromatic N) is 3. The van der Waals surface area contributed by atoms with E-state index in [1.807, 2.05) is 12.3 Å². The van der Waals surface area contributed by atoms with E-state index in [0.717, 1.165) is 37.3 Å². The Morgan fingerprint density at radius 1 is 1.10 bits per heavy atom. The molecule has 0 radical (unpaired) electrons. The van der Waals surface area contributed by atoms with Gasteiger partial charge in [0.25, 0.3) is 0 Å². The lowest BCUT2D eigenvalue weighted by atomic mass is 10.1. The summed E-state index contributed by atoms with van der Waals surface area (Å²) in [5.41, 5.74) is 3.65. The highest BCUT2D eigenvalue weighted by Crippen LogP contribution is 2.20. The van der Waals surface area contributed by atoms with Gasteiger partial charge in [-0.05, 0) is 48.7 Å². The molecule has 2 saturated heterocycles. The fourth-order valence-corrected chi connectivity index (χ4v) is 4.24. The van der Waals surface area contributed by atoms with E-state index in [4.69, 9.17) is 0 Å². The van der Waals surface area contributed by atoms with Crippen LogP contribution in [-0.4, -0.2) is 60.0 Å². The van der Waals surface area contributed by atoms with Crippen LogP contribution in [0, 0.1) is 0 Å². The molecule has 1 atom stereocenters. The molecule has 2 aliphatic rings. The Labute approximate surface area is 173 Å². The van der Waals surface area contributed by atoms with Gasteiger partial charge in [0.15, 0.2) is 0 Å². The summed E-state index contributed by atoms with van der Waals surface area (Å²) in [6.07, 6.45) is 6.32. The van der Waals surface area contributed by atoms with E-state index in [1.165, 1.54) is 31.5 Å². The maximum atomic E-state index is 12.6. The van der Waals surface area contributed by atoms with Crippen molar-refractivity contribution in [3.63, 3.8) is 0 Å². The van der Waals surface area contributed by atoms with E-state index >= 15 is 0 Å². The maximum Gasteiger partial charge on any atom is 0.234 e. The average molecular weight is 394 g/mol. The lowest BCUT2D eigenvalue weighted by Crippen LogP contribution is -2.49. The molecular formula is C23H31N5O. The van der Waals surface area contributed by atoms with Crippen LogP contribution in [0.25, 0.3) is 0 Å². The summed E-state index contributed by atoms with van der Waals surface area (Å²) in [6.45, 7) is 7.05. The lowest BCUT2D eigenvalue weighted by Gasteiger charge is -2.35. The van der Waals surface area contributed by atoms with Crippen molar-refractivity contribution in [2.24, 2.45) is 0 Å². The molecule has 6 heteroatoms. The SMILES string of the molecule is O=C(CN1CCNCC1c1cccnc1)NCc1ccc(CN2CCCC2)cc1. The second-order valence-corrected chi connectivity index (χ2v) is 8.05. The van der Waals surface area contributed by atoms with Crippen LogP contribution in [0.5, 0.6) is 0 Å². The number of rotatable bonds is 7. The number of benzene rings is 1. The molecule has 1 aromatic carbocycles. The summed E-state index contributed by atoms with van der Waals surface area (Å²) < 4.78 is 0. The van der Waals surface area contributed by atoms with Crippen molar-refractivity contribution in [2.75, 3.05) is 39.3 Å². The van der Waals surface area contributed by atoms with Crippen LogP contribution < -0.4 is 10.6 Å². The second-order valence-electron chi connectivity index (χ2n) is 8.05. The monoisotopic (exact) mass is 393 g/mol. The molecule has 2 N–H and O–H groups in total.